The fourth-order valence-corrected chi connectivity index (χ4v) is 1.52. The van der Waals surface area contributed by atoms with Crippen molar-refractivity contribution in [3.63, 3.8) is 0 Å². The van der Waals surface area contributed by atoms with Crippen molar-refractivity contribution in [1.29, 1.82) is 0 Å². The van der Waals surface area contributed by atoms with E-state index in [9.17, 15) is 4.79 Å². The molecular weight excluding hydrogens is 258 g/mol. The standard InChI is InChI=1S/C14H15N3O3/c1-3-8-15-14(18)11-4-6-12(7-5-11)19-9-13-16-10(2)20-17-13/h3-7H,1,8-9H2,2H3,(H,15,18). The van der Waals surface area contributed by atoms with Gasteiger partial charge in [-0.25, -0.2) is 0 Å². The van der Waals surface area contributed by atoms with E-state index < -0.39 is 0 Å². The molecule has 1 amide bonds. The second-order valence-electron chi connectivity index (χ2n) is 4.04. The van der Waals surface area contributed by atoms with E-state index in [2.05, 4.69) is 22.0 Å². The molecule has 6 heteroatoms. The first-order valence-corrected chi connectivity index (χ1v) is 6.10. The van der Waals surface area contributed by atoms with Gasteiger partial charge in [0.2, 0.25) is 11.7 Å². The van der Waals surface area contributed by atoms with Crippen LogP contribution in [-0.4, -0.2) is 22.6 Å². The first-order chi connectivity index (χ1) is 9.69. The van der Waals surface area contributed by atoms with E-state index in [1.807, 2.05) is 0 Å². The Morgan fingerprint density at radius 1 is 1.45 bits per heavy atom. The van der Waals surface area contributed by atoms with Gasteiger partial charge in [0.25, 0.3) is 5.91 Å². The van der Waals surface area contributed by atoms with Crippen LogP contribution in [0.3, 0.4) is 0 Å². The van der Waals surface area contributed by atoms with E-state index in [0.717, 1.165) is 0 Å². The zero-order valence-electron chi connectivity index (χ0n) is 11.1. The summed E-state index contributed by atoms with van der Waals surface area (Å²) in [4.78, 5) is 15.7. The summed E-state index contributed by atoms with van der Waals surface area (Å²) in [5, 5.41) is 6.42. The number of hydrogen-bond donors (Lipinski definition) is 1. The van der Waals surface area contributed by atoms with Crippen LogP contribution in [0.5, 0.6) is 5.75 Å². The normalized spacial score (nSPS) is 10.1. The molecular formula is C14H15N3O3. The molecule has 104 valence electrons. The Labute approximate surface area is 116 Å². The molecule has 0 saturated carbocycles. The van der Waals surface area contributed by atoms with Gasteiger partial charge in [0.05, 0.1) is 0 Å². The van der Waals surface area contributed by atoms with Gasteiger partial charge in [0, 0.05) is 19.0 Å². The van der Waals surface area contributed by atoms with Gasteiger partial charge < -0.3 is 14.6 Å². The maximum absolute atomic E-state index is 11.7. The Morgan fingerprint density at radius 3 is 2.80 bits per heavy atom. The van der Waals surface area contributed by atoms with Crippen molar-refractivity contribution in [2.24, 2.45) is 0 Å². The third kappa shape index (κ3) is 3.68. The van der Waals surface area contributed by atoms with Crippen molar-refractivity contribution >= 4 is 5.91 Å². The zero-order chi connectivity index (χ0) is 14.4. The first kappa shape index (κ1) is 13.8. The molecule has 0 unspecified atom stereocenters. The van der Waals surface area contributed by atoms with E-state index in [1.54, 1.807) is 37.3 Å². The predicted octanol–water partition coefficient (Wildman–Crippen LogP) is 1.87. The summed E-state index contributed by atoms with van der Waals surface area (Å²) < 4.78 is 10.3. The molecule has 2 aromatic rings. The van der Waals surface area contributed by atoms with Gasteiger partial charge in [-0.1, -0.05) is 11.2 Å². The number of rotatable bonds is 6. The Morgan fingerprint density at radius 2 is 2.20 bits per heavy atom. The average molecular weight is 273 g/mol. The Bertz CT molecular complexity index is 590. The van der Waals surface area contributed by atoms with Crippen molar-refractivity contribution < 1.29 is 14.1 Å². The van der Waals surface area contributed by atoms with Crippen LogP contribution in [0.15, 0.2) is 41.4 Å². The molecule has 0 bridgehead atoms. The van der Waals surface area contributed by atoms with Crippen molar-refractivity contribution in [3.8, 4) is 5.75 Å². The van der Waals surface area contributed by atoms with Gasteiger partial charge in [0.1, 0.15) is 5.75 Å². The topological polar surface area (TPSA) is 77.2 Å². The van der Waals surface area contributed by atoms with Crippen LogP contribution in [0.1, 0.15) is 22.1 Å². The molecule has 6 nitrogen and oxygen atoms in total. The number of carbonyl (C=O) groups excluding carboxylic acids is 1. The number of nitrogens with one attached hydrogen (secondary N) is 1. The molecule has 0 aliphatic carbocycles. The van der Waals surface area contributed by atoms with Gasteiger partial charge in [0.15, 0.2) is 6.61 Å². The number of benzene rings is 1. The average Bonchev–Trinajstić information content (AvgIpc) is 2.89. The largest absolute Gasteiger partial charge is 0.485 e. The Kier molecular flexibility index (Phi) is 4.49. The molecule has 0 fully saturated rings. The zero-order valence-corrected chi connectivity index (χ0v) is 11.1. The second kappa shape index (κ2) is 6.51. The highest BCUT2D eigenvalue weighted by molar-refractivity contribution is 5.94. The van der Waals surface area contributed by atoms with Gasteiger partial charge in [-0.3, -0.25) is 4.79 Å². The summed E-state index contributed by atoms with van der Waals surface area (Å²) in [5.74, 6) is 1.46. The van der Waals surface area contributed by atoms with Crippen LogP contribution in [0, 0.1) is 6.92 Å². The number of aryl methyl sites for hydroxylation is 1. The Balaban J connectivity index is 1.91. The van der Waals surface area contributed by atoms with Gasteiger partial charge in [-0.15, -0.1) is 6.58 Å². The molecule has 1 aromatic heterocycles. The minimum absolute atomic E-state index is 0.148. The van der Waals surface area contributed by atoms with Crippen LogP contribution >= 0.6 is 0 Å². The highest BCUT2D eigenvalue weighted by Gasteiger charge is 2.06. The maximum Gasteiger partial charge on any atom is 0.251 e. The summed E-state index contributed by atoms with van der Waals surface area (Å²) >= 11 is 0. The van der Waals surface area contributed by atoms with Crippen molar-refractivity contribution in [2.75, 3.05) is 6.54 Å². The van der Waals surface area contributed by atoms with Crippen LogP contribution in [0.2, 0.25) is 0 Å². The number of carbonyl (C=O) groups is 1. The number of hydrogen-bond acceptors (Lipinski definition) is 5. The molecule has 1 N–H and O–H groups in total. The summed E-state index contributed by atoms with van der Waals surface area (Å²) in [6.45, 7) is 5.92. The lowest BCUT2D eigenvalue weighted by Crippen LogP contribution is -2.22. The minimum atomic E-state index is -0.148. The van der Waals surface area contributed by atoms with Crippen LogP contribution in [-0.2, 0) is 6.61 Å². The van der Waals surface area contributed by atoms with E-state index >= 15 is 0 Å². The minimum Gasteiger partial charge on any atom is -0.485 e. The summed E-state index contributed by atoms with van der Waals surface area (Å²) in [7, 11) is 0. The van der Waals surface area contributed by atoms with Crippen molar-refractivity contribution in [2.45, 2.75) is 13.5 Å². The van der Waals surface area contributed by atoms with Crippen LogP contribution in [0.4, 0.5) is 0 Å². The summed E-state index contributed by atoms with van der Waals surface area (Å²) in [6, 6.07) is 6.82. The van der Waals surface area contributed by atoms with Crippen LogP contribution < -0.4 is 10.1 Å². The first-order valence-electron chi connectivity index (χ1n) is 6.10. The molecule has 0 atom stereocenters. The third-order valence-electron chi connectivity index (χ3n) is 2.46. The second-order valence-corrected chi connectivity index (χ2v) is 4.04. The highest BCUT2D eigenvalue weighted by Crippen LogP contribution is 2.13. The monoisotopic (exact) mass is 273 g/mol. The number of ether oxygens (including phenoxy) is 1. The predicted molar refractivity (Wildman–Crippen MR) is 72.3 cm³/mol. The van der Waals surface area contributed by atoms with Crippen LogP contribution in [0.25, 0.3) is 0 Å². The molecule has 2 rings (SSSR count). The molecule has 0 radical (unpaired) electrons. The van der Waals surface area contributed by atoms with E-state index in [0.29, 0.717) is 29.6 Å². The van der Waals surface area contributed by atoms with Gasteiger partial charge in [-0.2, -0.15) is 4.98 Å². The molecule has 1 heterocycles. The van der Waals surface area contributed by atoms with E-state index in [-0.39, 0.29) is 12.5 Å². The van der Waals surface area contributed by atoms with E-state index in [1.165, 1.54) is 0 Å². The van der Waals surface area contributed by atoms with Gasteiger partial charge >= 0.3 is 0 Å². The highest BCUT2D eigenvalue weighted by atomic mass is 16.5. The quantitative estimate of drug-likeness (QED) is 0.813. The molecule has 0 spiro atoms. The lowest BCUT2D eigenvalue weighted by atomic mass is 10.2. The van der Waals surface area contributed by atoms with E-state index in [4.69, 9.17) is 9.26 Å². The summed E-state index contributed by atoms with van der Waals surface area (Å²) in [5.41, 5.74) is 0.564. The molecule has 0 saturated heterocycles. The maximum atomic E-state index is 11.7. The Hall–Kier alpha value is -2.63. The summed E-state index contributed by atoms with van der Waals surface area (Å²) in [6.07, 6.45) is 1.63. The SMILES string of the molecule is C=CCNC(=O)c1ccc(OCc2noc(C)n2)cc1. The molecule has 1 aromatic carbocycles. The molecule has 0 aliphatic heterocycles. The van der Waals surface area contributed by atoms with Crippen molar-refractivity contribution in [3.05, 3.63) is 54.2 Å². The lowest BCUT2D eigenvalue weighted by Gasteiger charge is -2.05. The fourth-order valence-electron chi connectivity index (χ4n) is 1.52. The molecule has 20 heavy (non-hydrogen) atoms. The van der Waals surface area contributed by atoms with Crippen molar-refractivity contribution in [1.82, 2.24) is 15.5 Å². The smallest absolute Gasteiger partial charge is 0.251 e. The third-order valence-corrected chi connectivity index (χ3v) is 2.46. The lowest BCUT2D eigenvalue weighted by molar-refractivity contribution is 0.0958. The fraction of sp³-hybridized carbons (Fsp3) is 0.214. The van der Waals surface area contributed by atoms with Gasteiger partial charge in [-0.05, 0) is 24.3 Å². The molecule has 0 aliphatic rings. The number of aromatic nitrogens is 2. The number of amides is 1. The number of nitrogens with zero attached hydrogens (tertiary/aromatic N) is 2.